The fourth-order valence-corrected chi connectivity index (χ4v) is 1.45. The van der Waals surface area contributed by atoms with Crippen molar-refractivity contribution in [2.75, 3.05) is 33.2 Å². The van der Waals surface area contributed by atoms with Gasteiger partial charge in [-0.3, -0.25) is 9.79 Å². The topological polar surface area (TPSA) is 104 Å². The van der Waals surface area contributed by atoms with Crippen LogP contribution in [0.25, 0.3) is 0 Å². The van der Waals surface area contributed by atoms with Crippen LogP contribution < -0.4 is 21.3 Å². The number of ether oxygens (including phenoxy) is 1. The minimum absolute atomic E-state index is 0. The van der Waals surface area contributed by atoms with Gasteiger partial charge in [-0.15, -0.1) is 24.0 Å². The van der Waals surface area contributed by atoms with Crippen molar-refractivity contribution in [2.45, 2.75) is 40.2 Å². The van der Waals surface area contributed by atoms with Gasteiger partial charge in [0.25, 0.3) is 0 Å². The molecule has 0 bridgehead atoms. The summed E-state index contributed by atoms with van der Waals surface area (Å²) in [5, 5.41) is 11.6. The average molecular weight is 457 g/mol. The molecule has 2 amide bonds. The molecule has 0 saturated carbocycles. The highest BCUT2D eigenvalue weighted by Crippen LogP contribution is 2.05. The molecular formula is C15H32IN5O3. The Bertz CT molecular complexity index is 408. The number of nitrogens with one attached hydrogen (secondary N) is 4. The SMILES string of the molecule is CN=C(NCCNC(=O)OC(C)(C)C)NCCNC(=O)C(C)C.I. The molecule has 0 aromatic rings. The Morgan fingerprint density at radius 2 is 1.42 bits per heavy atom. The monoisotopic (exact) mass is 457 g/mol. The van der Waals surface area contributed by atoms with Crippen LogP contribution in [0.4, 0.5) is 4.79 Å². The molecule has 0 atom stereocenters. The molecule has 142 valence electrons. The molecule has 0 saturated heterocycles. The van der Waals surface area contributed by atoms with Gasteiger partial charge in [0.05, 0.1) is 0 Å². The molecule has 0 spiro atoms. The Morgan fingerprint density at radius 1 is 0.958 bits per heavy atom. The Kier molecular flexibility index (Phi) is 13.6. The maximum absolute atomic E-state index is 11.5. The zero-order valence-corrected chi connectivity index (χ0v) is 17.8. The third-order valence-electron chi connectivity index (χ3n) is 2.55. The normalized spacial score (nSPS) is 11.4. The first-order valence-corrected chi connectivity index (χ1v) is 7.84. The van der Waals surface area contributed by atoms with Crippen molar-refractivity contribution in [3.63, 3.8) is 0 Å². The quantitative estimate of drug-likeness (QED) is 0.198. The Morgan fingerprint density at radius 3 is 1.83 bits per heavy atom. The summed E-state index contributed by atoms with van der Waals surface area (Å²) in [7, 11) is 1.66. The molecule has 0 aliphatic heterocycles. The number of hydrogen-bond donors (Lipinski definition) is 4. The van der Waals surface area contributed by atoms with Gasteiger partial charge in [0.15, 0.2) is 5.96 Å². The van der Waals surface area contributed by atoms with Crippen LogP contribution in [0.2, 0.25) is 0 Å². The van der Waals surface area contributed by atoms with E-state index in [0.717, 1.165) is 0 Å². The predicted molar refractivity (Wildman–Crippen MR) is 107 cm³/mol. The lowest BCUT2D eigenvalue weighted by molar-refractivity contribution is -0.123. The number of carbonyl (C=O) groups is 2. The molecule has 4 N–H and O–H groups in total. The highest BCUT2D eigenvalue weighted by atomic mass is 127. The number of hydrogen-bond acceptors (Lipinski definition) is 4. The van der Waals surface area contributed by atoms with Crippen molar-refractivity contribution in [1.82, 2.24) is 21.3 Å². The van der Waals surface area contributed by atoms with E-state index in [2.05, 4.69) is 26.3 Å². The summed E-state index contributed by atoms with van der Waals surface area (Å²) in [6.45, 7) is 11.2. The van der Waals surface area contributed by atoms with E-state index in [1.807, 2.05) is 34.6 Å². The fraction of sp³-hybridized carbons (Fsp3) is 0.800. The molecule has 9 heteroatoms. The summed E-state index contributed by atoms with van der Waals surface area (Å²) in [5.74, 6) is 0.609. The standard InChI is InChI=1S/C15H31N5O3.HI/c1-11(2)12(21)17-7-8-18-13(16-6)19-9-10-20-14(22)23-15(3,4)5;/h11H,7-10H2,1-6H3,(H,17,21)(H,20,22)(H2,16,18,19);1H. The van der Waals surface area contributed by atoms with E-state index in [0.29, 0.717) is 32.1 Å². The first-order chi connectivity index (χ1) is 10.7. The van der Waals surface area contributed by atoms with Crippen molar-refractivity contribution >= 4 is 41.9 Å². The minimum Gasteiger partial charge on any atom is -0.444 e. The molecule has 0 unspecified atom stereocenters. The van der Waals surface area contributed by atoms with Gasteiger partial charge in [-0.1, -0.05) is 13.8 Å². The predicted octanol–water partition coefficient (Wildman–Crippen LogP) is 1.07. The van der Waals surface area contributed by atoms with Crippen LogP contribution in [0.15, 0.2) is 4.99 Å². The van der Waals surface area contributed by atoms with Gasteiger partial charge < -0.3 is 26.0 Å². The molecule has 24 heavy (non-hydrogen) atoms. The lowest BCUT2D eigenvalue weighted by Gasteiger charge is -2.20. The van der Waals surface area contributed by atoms with Crippen LogP contribution in [-0.4, -0.2) is 56.8 Å². The van der Waals surface area contributed by atoms with Crippen LogP contribution in [0, 0.1) is 5.92 Å². The highest BCUT2D eigenvalue weighted by molar-refractivity contribution is 14.0. The molecule has 0 radical (unpaired) electrons. The number of halogens is 1. The number of amides is 2. The summed E-state index contributed by atoms with van der Waals surface area (Å²) in [6.07, 6.45) is -0.446. The highest BCUT2D eigenvalue weighted by Gasteiger charge is 2.15. The van der Waals surface area contributed by atoms with Crippen molar-refractivity contribution < 1.29 is 14.3 Å². The van der Waals surface area contributed by atoms with E-state index in [1.54, 1.807) is 7.05 Å². The Balaban J connectivity index is 0. The molecule has 0 aromatic carbocycles. The molecule has 0 heterocycles. The van der Waals surface area contributed by atoms with E-state index in [-0.39, 0.29) is 35.8 Å². The molecule has 0 aliphatic carbocycles. The molecule has 0 aromatic heterocycles. The van der Waals surface area contributed by atoms with Crippen LogP contribution in [0.3, 0.4) is 0 Å². The third-order valence-corrected chi connectivity index (χ3v) is 2.55. The molecule has 0 rings (SSSR count). The van der Waals surface area contributed by atoms with Gasteiger partial charge in [0.1, 0.15) is 5.60 Å². The second-order valence-electron chi connectivity index (χ2n) is 6.30. The van der Waals surface area contributed by atoms with Gasteiger partial charge in [-0.2, -0.15) is 0 Å². The lowest BCUT2D eigenvalue weighted by Crippen LogP contribution is -2.44. The molecular weight excluding hydrogens is 425 g/mol. The van der Waals surface area contributed by atoms with Crippen molar-refractivity contribution in [3.05, 3.63) is 0 Å². The maximum atomic E-state index is 11.5. The van der Waals surface area contributed by atoms with E-state index in [1.165, 1.54) is 0 Å². The Labute approximate surface area is 162 Å². The number of carbonyl (C=O) groups excluding carboxylic acids is 2. The Hall–Kier alpha value is -1.26. The van der Waals surface area contributed by atoms with E-state index in [4.69, 9.17) is 4.74 Å². The van der Waals surface area contributed by atoms with Crippen LogP contribution >= 0.6 is 24.0 Å². The number of aliphatic imine (C=N–C) groups is 1. The first kappa shape index (κ1) is 25.0. The summed E-state index contributed by atoms with van der Waals surface area (Å²) in [6, 6.07) is 0. The second kappa shape index (κ2) is 13.1. The third kappa shape index (κ3) is 14.3. The smallest absolute Gasteiger partial charge is 0.407 e. The van der Waals surface area contributed by atoms with Gasteiger partial charge in [-0.05, 0) is 20.8 Å². The second-order valence-corrected chi connectivity index (χ2v) is 6.30. The average Bonchev–Trinajstić information content (AvgIpc) is 2.43. The van der Waals surface area contributed by atoms with Gasteiger partial charge >= 0.3 is 6.09 Å². The van der Waals surface area contributed by atoms with Crippen LogP contribution in [-0.2, 0) is 9.53 Å². The zero-order chi connectivity index (χ0) is 17.9. The fourth-order valence-electron chi connectivity index (χ4n) is 1.45. The lowest BCUT2D eigenvalue weighted by atomic mass is 10.2. The van der Waals surface area contributed by atoms with Crippen LogP contribution in [0.5, 0.6) is 0 Å². The number of nitrogens with zero attached hydrogens (tertiary/aromatic N) is 1. The number of guanidine groups is 1. The van der Waals surface area contributed by atoms with Gasteiger partial charge in [0.2, 0.25) is 5.91 Å². The van der Waals surface area contributed by atoms with Crippen molar-refractivity contribution in [2.24, 2.45) is 10.9 Å². The number of rotatable bonds is 7. The largest absolute Gasteiger partial charge is 0.444 e. The van der Waals surface area contributed by atoms with Crippen molar-refractivity contribution in [3.8, 4) is 0 Å². The number of alkyl carbamates (subject to hydrolysis) is 1. The minimum atomic E-state index is -0.504. The summed E-state index contributed by atoms with van der Waals surface area (Å²) >= 11 is 0. The van der Waals surface area contributed by atoms with E-state index >= 15 is 0 Å². The first-order valence-electron chi connectivity index (χ1n) is 7.84. The molecule has 0 fully saturated rings. The molecule has 0 aliphatic rings. The van der Waals surface area contributed by atoms with Gasteiger partial charge in [0, 0.05) is 39.1 Å². The maximum Gasteiger partial charge on any atom is 0.407 e. The van der Waals surface area contributed by atoms with E-state index < -0.39 is 11.7 Å². The molecule has 8 nitrogen and oxygen atoms in total. The zero-order valence-electron chi connectivity index (χ0n) is 15.5. The van der Waals surface area contributed by atoms with Crippen LogP contribution in [0.1, 0.15) is 34.6 Å². The summed E-state index contributed by atoms with van der Waals surface area (Å²) < 4.78 is 5.13. The summed E-state index contributed by atoms with van der Waals surface area (Å²) in [4.78, 5) is 26.9. The van der Waals surface area contributed by atoms with Crippen molar-refractivity contribution in [1.29, 1.82) is 0 Å². The summed E-state index contributed by atoms with van der Waals surface area (Å²) in [5.41, 5.74) is -0.504. The van der Waals surface area contributed by atoms with E-state index in [9.17, 15) is 9.59 Å². The van der Waals surface area contributed by atoms with Gasteiger partial charge in [-0.25, -0.2) is 4.79 Å².